The summed E-state index contributed by atoms with van der Waals surface area (Å²) in [5.41, 5.74) is 18.7. The van der Waals surface area contributed by atoms with Gasteiger partial charge in [0.25, 0.3) is 0 Å². The zero-order valence-corrected chi connectivity index (χ0v) is 31.0. The van der Waals surface area contributed by atoms with Crippen LogP contribution in [0.2, 0.25) is 0 Å². The van der Waals surface area contributed by atoms with Gasteiger partial charge in [0.1, 0.15) is 0 Å². The Hall–Kier alpha value is -7.30. The van der Waals surface area contributed by atoms with Crippen molar-refractivity contribution in [3.63, 3.8) is 0 Å². The molecule has 57 heavy (non-hydrogen) atoms. The third-order valence-corrected chi connectivity index (χ3v) is 13.2. The summed E-state index contributed by atoms with van der Waals surface area (Å²) in [7, 11) is 0. The molecule has 0 amide bonds. The predicted molar refractivity (Wildman–Crippen MR) is 233 cm³/mol. The summed E-state index contributed by atoms with van der Waals surface area (Å²) in [6, 6.07) is 54.1. The van der Waals surface area contributed by atoms with Crippen LogP contribution in [0.5, 0.6) is 0 Å². The lowest BCUT2D eigenvalue weighted by molar-refractivity contribution is 0.495. The third-order valence-electron chi connectivity index (χ3n) is 13.2. The van der Waals surface area contributed by atoms with E-state index in [1.807, 2.05) is 18.6 Å². The highest BCUT2D eigenvalue weighted by Gasteiger charge is 2.56. The summed E-state index contributed by atoms with van der Waals surface area (Å²) in [6.07, 6.45) is 15.8. The Labute approximate surface area is 329 Å². The lowest BCUT2D eigenvalue weighted by atomic mass is 9.65. The van der Waals surface area contributed by atoms with Crippen molar-refractivity contribution in [3.05, 3.63) is 211 Å². The first-order valence-corrected chi connectivity index (χ1v) is 19.8. The van der Waals surface area contributed by atoms with E-state index in [0.29, 0.717) is 5.92 Å². The van der Waals surface area contributed by atoms with Crippen LogP contribution in [0, 0.1) is 5.92 Å². The smallest absolute Gasteiger partial charge is 0.0724 e. The maximum atomic E-state index is 4.64. The molecule has 4 heteroatoms. The Kier molecular flexibility index (Phi) is 6.18. The molecule has 10 aromatic rings. The summed E-state index contributed by atoms with van der Waals surface area (Å²) in [6.45, 7) is 0. The number of nitrogens with zero attached hydrogens (tertiary/aromatic N) is 4. The molecule has 6 aromatic carbocycles. The summed E-state index contributed by atoms with van der Waals surface area (Å²) in [5, 5.41) is 5.00. The van der Waals surface area contributed by atoms with Crippen LogP contribution in [-0.2, 0) is 5.41 Å². The lowest BCUT2D eigenvalue weighted by Crippen LogP contribution is -2.32. The molecule has 0 bridgehead atoms. The van der Waals surface area contributed by atoms with Gasteiger partial charge in [-0.05, 0) is 112 Å². The standard InChI is InChI=1S/C53H34N4/c1-5-13-45-37(9-1)42-29-43-40-12-4-8-16-50(40)56(51(43)30-48(42)53(45)46-14-6-2-10-38(46)44-31-54-28-26-47(44)53)35-21-17-33(18-22-35)34-19-23-36(24-20-34)57-49-15-7-3-11-39(49)41-25-27-55-32-52(41)57/h1-13,15-32,46H,14H2. The minimum Gasteiger partial charge on any atom is -0.309 e. The zero-order chi connectivity index (χ0) is 37.2. The van der Waals surface area contributed by atoms with Crippen LogP contribution in [0.4, 0.5) is 0 Å². The van der Waals surface area contributed by atoms with E-state index < -0.39 is 0 Å². The molecule has 0 aliphatic heterocycles. The number of hydrogen-bond acceptors (Lipinski definition) is 2. The fourth-order valence-electron chi connectivity index (χ4n) is 10.9. The van der Waals surface area contributed by atoms with Crippen molar-refractivity contribution in [3.8, 4) is 33.6 Å². The average Bonchev–Trinajstić information content (AvgIpc) is 3.98. The van der Waals surface area contributed by atoms with Gasteiger partial charge in [-0.15, -0.1) is 0 Å². The topological polar surface area (TPSA) is 35.6 Å². The number of hydrogen-bond donors (Lipinski definition) is 0. The normalized spacial score (nSPS) is 17.7. The highest BCUT2D eigenvalue weighted by Crippen LogP contribution is 2.65. The van der Waals surface area contributed by atoms with Crippen molar-refractivity contribution in [1.82, 2.24) is 19.1 Å². The Morgan fingerprint density at radius 3 is 1.86 bits per heavy atom. The van der Waals surface area contributed by atoms with E-state index in [0.717, 1.165) is 23.3 Å². The number of pyridine rings is 2. The Balaban J connectivity index is 0.961. The molecule has 2 unspecified atom stereocenters. The molecule has 2 atom stereocenters. The van der Waals surface area contributed by atoms with Gasteiger partial charge in [0.15, 0.2) is 0 Å². The monoisotopic (exact) mass is 726 g/mol. The van der Waals surface area contributed by atoms with Crippen molar-refractivity contribution in [2.75, 3.05) is 0 Å². The number of aromatic nitrogens is 4. The first kappa shape index (κ1) is 31.0. The third kappa shape index (κ3) is 4.01. The van der Waals surface area contributed by atoms with Gasteiger partial charge in [-0.2, -0.15) is 0 Å². The molecule has 0 N–H and O–H groups in total. The summed E-state index contributed by atoms with van der Waals surface area (Å²) >= 11 is 0. The van der Waals surface area contributed by atoms with Gasteiger partial charge in [0, 0.05) is 63.0 Å². The molecule has 0 saturated heterocycles. The van der Waals surface area contributed by atoms with Crippen LogP contribution < -0.4 is 0 Å². The molecule has 4 heterocycles. The van der Waals surface area contributed by atoms with Crippen LogP contribution in [0.3, 0.4) is 0 Å². The van der Waals surface area contributed by atoms with Crippen LogP contribution in [0.1, 0.15) is 28.7 Å². The van der Waals surface area contributed by atoms with Gasteiger partial charge < -0.3 is 9.13 Å². The van der Waals surface area contributed by atoms with E-state index in [1.54, 1.807) is 0 Å². The van der Waals surface area contributed by atoms with E-state index in [-0.39, 0.29) is 5.41 Å². The molecule has 3 aliphatic carbocycles. The molecular formula is C53H34N4. The van der Waals surface area contributed by atoms with Crippen LogP contribution in [-0.4, -0.2) is 19.1 Å². The number of para-hydroxylation sites is 2. The lowest BCUT2D eigenvalue weighted by Gasteiger charge is -2.36. The predicted octanol–water partition coefficient (Wildman–Crippen LogP) is 12.6. The first-order valence-electron chi connectivity index (χ1n) is 19.8. The summed E-state index contributed by atoms with van der Waals surface area (Å²) in [5.74, 6) is 0.302. The molecule has 0 radical (unpaired) electrons. The van der Waals surface area contributed by atoms with Gasteiger partial charge >= 0.3 is 0 Å². The summed E-state index contributed by atoms with van der Waals surface area (Å²) in [4.78, 5) is 9.11. The minimum absolute atomic E-state index is 0.290. The highest BCUT2D eigenvalue weighted by atomic mass is 15.0. The Bertz CT molecular complexity index is 3320. The molecule has 0 fully saturated rings. The number of fused-ring (bicyclic) bond motifs is 16. The quantitative estimate of drug-likeness (QED) is 0.182. The second-order valence-corrected chi connectivity index (χ2v) is 15.7. The molecule has 13 rings (SSSR count). The largest absolute Gasteiger partial charge is 0.309 e. The van der Waals surface area contributed by atoms with Crippen LogP contribution in [0.15, 0.2) is 189 Å². The molecule has 266 valence electrons. The first-order chi connectivity index (χ1) is 28.3. The Morgan fingerprint density at radius 1 is 0.474 bits per heavy atom. The second kappa shape index (κ2) is 11.4. The van der Waals surface area contributed by atoms with Gasteiger partial charge in [-0.3, -0.25) is 9.97 Å². The molecule has 4 nitrogen and oxygen atoms in total. The van der Waals surface area contributed by atoms with E-state index in [2.05, 4.69) is 189 Å². The number of benzene rings is 6. The zero-order valence-electron chi connectivity index (χ0n) is 31.0. The van der Waals surface area contributed by atoms with Crippen molar-refractivity contribution in [2.45, 2.75) is 11.8 Å². The molecule has 3 aliphatic rings. The number of rotatable bonds is 3. The van der Waals surface area contributed by atoms with Gasteiger partial charge in [0.2, 0.25) is 0 Å². The van der Waals surface area contributed by atoms with Crippen molar-refractivity contribution < 1.29 is 0 Å². The fraction of sp³-hybridized carbons (Fsp3) is 0.0566. The molecule has 4 aromatic heterocycles. The SMILES string of the molecule is C1=CCC2C(=C1)c1cnccc1C21c2ccccc2-c2cc3c4ccccc4n(-c4ccc(-c5ccc(-n6c7ccccc7c7ccncc76)cc5)cc4)c3cc21. The van der Waals surface area contributed by atoms with E-state index in [4.69, 9.17) is 0 Å². The maximum absolute atomic E-state index is 4.64. The van der Waals surface area contributed by atoms with Crippen LogP contribution in [0.25, 0.3) is 82.8 Å². The molecular weight excluding hydrogens is 693 g/mol. The van der Waals surface area contributed by atoms with E-state index >= 15 is 0 Å². The van der Waals surface area contributed by atoms with E-state index in [9.17, 15) is 0 Å². The molecule has 1 spiro atoms. The highest BCUT2D eigenvalue weighted by molar-refractivity contribution is 6.12. The Morgan fingerprint density at radius 2 is 1.09 bits per heavy atom. The minimum atomic E-state index is -0.290. The van der Waals surface area contributed by atoms with Crippen molar-refractivity contribution in [2.24, 2.45) is 5.92 Å². The van der Waals surface area contributed by atoms with Gasteiger partial charge in [-0.25, -0.2) is 0 Å². The van der Waals surface area contributed by atoms with Gasteiger partial charge in [-0.1, -0.05) is 103 Å². The van der Waals surface area contributed by atoms with E-state index in [1.165, 1.54) is 88.2 Å². The fourth-order valence-corrected chi connectivity index (χ4v) is 10.9. The maximum Gasteiger partial charge on any atom is 0.0724 e. The second-order valence-electron chi connectivity index (χ2n) is 15.7. The summed E-state index contributed by atoms with van der Waals surface area (Å²) < 4.78 is 4.79. The number of allylic oxidation sites excluding steroid dienone is 4. The molecule has 0 saturated carbocycles. The van der Waals surface area contributed by atoms with Crippen molar-refractivity contribution >= 4 is 49.2 Å². The average molecular weight is 727 g/mol. The van der Waals surface area contributed by atoms with Crippen molar-refractivity contribution in [1.29, 1.82) is 0 Å². The van der Waals surface area contributed by atoms with Gasteiger partial charge in [0.05, 0.1) is 33.7 Å². The van der Waals surface area contributed by atoms with Crippen LogP contribution >= 0.6 is 0 Å².